The SMILES string of the molecule is NC(=O)c1cccc(OCC(=O)Nc2ccc(Sc3ccccc3)c(Cl)c2)c1. The van der Waals surface area contributed by atoms with Gasteiger partial charge in [-0.05, 0) is 48.5 Å². The highest BCUT2D eigenvalue weighted by atomic mass is 35.5. The quantitative estimate of drug-likeness (QED) is 0.593. The van der Waals surface area contributed by atoms with E-state index in [1.165, 1.54) is 6.07 Å². The molecule has 3 aromatic rings. The van der Waals surface area contributed by atoms with E-state index in [-0.39, 0.29) is 12.5 Å². The highest BCUT2D eigenvalue weighted by Crippen LogP contribution is 2.34. The van der Waals surface area contributed by atoms with Crippen LogP contribution in [0, 0.1) is 0 Å². The first kappa shape index (κ1) is 19.8. The Labute approximate surface area is 171 Å². The summed E-state index contributed by atoms with van der Waals surface area (Å²) in [6.07, 6.45) is 0. The summed E-state index contributed by atoms with van der Waals surface area (Å²) in [7, 11) is 0. The Bertz CT molecular complexity index is 996. The van der Waals surface area contributed by atoms with Gasteiger partial charge in [-0.2, -0.15) is 0 Å². The monoisotopic (exact) mass is 412 g/mol. The van der Waals surface area contributed by atoms with Crippen LogP contribution in [0.4, 0.5) is 5.69 Å². The van der Waals surface area contributed by atoms with Crippen molar-refractivity contribution in [3.63, 3.8) is 0 Å². The topological polar surface area (TPSA) is 81.4 Å². The van der Waals surface area contributed by atoms with E-state index < -0.39 is 5.91 Å². The minimum atomic E-state index is -0.557. The number of carbonyl (C=O) groups excluding carboxylic acids is 2. The lowest BCUT2D eigenvalue weighted by Crippen LogP contribution is -2.20. The second-order valence-corrected chi connectivity index (χ2v) is 7.31. The molecule has 0 aliphatic rings. The van der Waals surface area contributed by atoms with E-state index in [2.05, 4.69) is 5.32 Å². The van der Waals surface area contributed by atoms with E-state index in [1.54, 1.807) is 42.1 Å². The minimum Gasteiger partial charge on any atom is -0.484 e. The summed E-state index contributed by atoms with van der Waals surface area (Å²) >= 11 is 7.88. The third-order valence-electron chi connectivity index (χ3n) is 3.68. The highest BCUT2D eigenvalue weighted by molar-refractivity contribution is 7.99. The number of primary amides is 1. The van der Waals surface area contributed by atoms with Crippen LogP contribution in [0.15, 0.2) is 82.6 Å². The Morgan fingerprint density at radius 3 is 2.50 bits per heavy atom. The number of carbonyl (C=O) groups is 2. The molecule has 0 radical (unpaired) electrons. The Morgan fingerprint density at radius 1 is 1.00 bits per heavy atom. The highest BCUT2D eigenvalue weighted by Gasteiger charge is 2.09. The summed E-state index contributed by atoms with van der Waals surface area (Å²) in [5.41, 5.74) is 6.11. The molecule has 3 rings (SSSR count). The van der Waals surface area contributed by atoms with E-state index >= 15 is 0 Å². The number of hydrogen-bond donors (Lipinski definition) is 2. The first-order valence-corrected chi connectivity index (χ1v) is 9.56. The largest absolute Gasteiger partial charge is 0.484 e. The van der Waals surface area contributed by atoms with Crippen LogP contribution in [-0.4, -0.2) is 18.4 Å². The van der Waals surface area contributed by atoms with Crippen LogP contribution in [0.5, 0.6) is 5.75 Å². The minimum absolute atomic E-state index is 0.208. The van der Waals surface area contributed by atoms with Crippen LogP contribution < -0.4 is 15.8 Å². The number of hydrogen-bond acceptors (Lipinski definition) is 4. The van der Waals surface area contributed by atoms with Crippen LogP contribution in [0.1, 0.15) is 10.4 Å². The van der Waals surface area contributed by atoms with E-state index in [9.17, 15) is 9.59 Å². The molecule has 7 heteroatoms. The maximum atomic E-state index is 12.1. The molecule has 0 spiro atoms. The molecule has 5 nitrogen and oxygen atoms in total. The third-order valence-corrected chi connectivity index (χ3v) is 5.18. The smallest absolute Gasteiger partial charge is 0.262 e. The van der Waals surface area contributed by atoms with Crippen molar-refractivity contribution in [2.75, 3.05) is 11.9 Å². The molecule has 28 heavy (non-hydrogen) atoms. The molecule has 0 aliphatic carbocycles. The van der Waals surface area contributed by atoms with Crippen LogP contribution in [0.2, 0.25) is 5.02 Å². The predicted octanol–water partition coefficient (Wildman–Crippen LogP) is 4.61. The fraction of sp³-hybridized carbons (Fsp3) is 0.0476. The summed E-state index contributed by atoms with van der Waals surface area (Å²) in [5, 5.41) is 3.28. The molecule has 2 amide bonds. The van der Waals surface area contributed by atoms with Crippen LogP contribution in [0.25, 0.3) is 0 Å². The molecule has 0 saturated carbocycles. The van der Waals surface area contributed by atoms with Gasteiger partial charge in [0, 0.05) is 21.0 Å². The van der Waals surface area contributed by atoms with Crippen molar-refractivity contribution in [1.82, 2.24) is 0 Å². The van der Waals surface area contributed by atoms with Crippen LogP contribution in [-0.2, 0) is 4.79 Å². The van der Waals surface area contributed by atoms with Crippen molar-refractivity contribution in [2.45, 2.75) is 9.79 Å². The summed E-state index contributed by atoms with van der Waals surface area (Å²) in [5.74, 6) is -0.513. The van der Waals surface area contributed by atoms with E-state index in [4.69, 9.17) is 22.1 Å². The number of halogens is 1. The molecule has 0 bridgehead atoms. The number of anilines is 1. The fourth-order valence-corrected chi connectivity index (χ4v) is 3.50. The summed E-state index contributed by atoms with van der Waals surface area (Å²) in [6, 6.07) is 21.6. The van der Waals surface area contributed by atoms with Crippen molar-refractivity contribution in [1.29, 1.82) is 0 Å². The number of amides is 2. The molecular weight excluding hydrogens is 396 g/mol. The van der Waals surface area contributed by atoms with Gasteiger partial charge in [0.05, 0.1) is 5.02 Å². The van der Waals surface area contributed by atoms with Gasteiger partial charge < -0.3 is 15.8 Å². The summed E-state index contributed by atoms with van der Waals surface area (Å²) in [6.45, 7) is -0.208. The lowest BCUT2D eigenvalue weighted by Gasteiger charge is -2.10. The number of rotatable bonds is 7. The molecule has 3 aromatic carbocycles. The average molecular weight is 413 g/mol. The Balaban J connectivity index is 1.57. The van der Waals surface area contributed by atoms with Crippen LogP contribution >= 0.6 is 23.4 Å². The summed E-state index contributed by atoms with van der Waals surface area (Å²) < 4.78 is 5.41. The molecule has 142 valence electrons. The van der Waals surface area contributed by atoms with Crippen molar-refractivity contribution >= 4 is 40.9 Å². The molecule has 0 unspecified atom stereocenters. The Kier molecular flexibility index (Phi) is 6.57. The Morgan fingerprint density at radius 2 is 1.79 bits per heavy atom. The van der Waals surface area contributed by atoms with Gasteiger partial charge in [-0.15, -0.1) is 0 Å². The van der Waals surface area contributed by atoms with Gasteiger partial charge in [-0.25, -0.2) is 0 Å². The molecule has 0 aromatic heterocycles. The molecule has 0 heterocycles. The van der Waals surface area contributed by atoms with E-state index in [1.807, 2.05) is 36.4 Å². The van der Waals surface area contributed by atoms with Gasteiger partial charge in [0.15, 0.2) is 6.61 Å². The van der Waals surface area contributed by atoms with Gasteiger partial charge in [-0.1, -0.05) is 47.6 Å². The van der Waals surface area contributed by atoms with Crippen molar-refractivity contribution in [2.24, 2.45) is 5.73 Å². The zero-order chi connectivity index (χ0) is 19.9. The predicted molar refractivity (Wildman–Crippen MR) is 111 cm³/mol. The number of ether oxygens (including phenoxy) is 1. The number of benzene rings is 3. The number of nitrogens with one attached hydrogen (secondary N) is 1. The summed E-state index contributed by atoms with van der Waals surface area (Å²) in [4.78, 5) is 25.3. The number of nitrogens with two attached hydrogens (primary N) is 1. The molecule has 0 fully saturated rings. The zero-order valence-electron chi connectivity index (χ0n) is 14.7. The fourth-order valence-electron chi connectivity index (χ4n) is 2.36. The van der Waals surface area contributed by atoms with Crippen molar-refractivity contribution in [3.05, 3.63) is 83.4 Å². The molecular formula is C21H17ClN2O3S. The van der Waals surface area contributed by atoms with E-state index in [0.29, 0.717) is 22.0 Å². The van der Waals surface area contributed by atoms with Gasteiger partial charge in [0.25, 0.3) is 5.91 Å². The van der Waals surface area contributed by atoms with Crippen molar-refractivity contribution < 1.29 is 14.3 Å². The van der Waals surface area contributed by atoms with Gasteiger partial charge in [0.1, 0.15) is 5.75 Å². The zero-order valence-corrected chi connectivity index (χ0v) is 16.3. The van der Waals surface area contributed by atoms with Gasteiger partial charge >= 0.3 is 0 Å². The van der Waals surface area contributed by atoms with E-state index in [0.717, 1.165) is 9.79 Å². The molecule has 0 aliphatic heterocycles. The first-order chi connectivity index (χ1) is 13.5. The Hall–Kier alpha value is -2.96. The molecule has 3 N–H and O–H groups in total. The second kappa shape index (κ2) is 9.30. The third kappa shape index (κ3) is 5.52. The molecule has 0 saturated heterocycles. The maximum Gasteiger partial charge on any atom is 0.262 e. The van der Waals surface area contributed by atoms with Gasteiger partial charge in [-0.3, -0.25) is 9.59 Å². The average Bonchev–Trinajstić information content (AvgIpc) is 2.69. The van der Waals surface area contributed by atoms with Gasteiger partial charge in [0.2, 0.25) is 5.91 Å². The lowest BCUT2D eigenvalue weighted by molar-refractivity contribution is -0.118. The second-order valence-electron chi connectivity index (χ2n) is 5.79. The van der Waals surface area contributed by atoms with Crippen molar-refractivity contribution in [3.8, 4) is 5.75 Å². The van der Waals surface area contributed by atoms with Crippen LogP contribution in [0.3, 0.4) is 0 Å². The maximum absolute atomic E-state index is 12.1. The first-order valence-electron chi connectivity index (χ1n) is 8.36. The lowest BCUT2D eigenvalue weighted by atomic mass is 10.2. The molecule has 0 atom stereocenters. The standard InChI is InChI=1S/C21H17ClN2O3S/c22-18-12-15(9-10-19(18)28-17-7-2-1-3-8-17)24-20(25)13-27-16-6-4-5-14(11-16)21(23)26/h1-12H,13H2,(H2,23,26)(H,24,25). The normalized spacial score (nSPS) is 10.3.